The average Bonchev–Trinajstić information content (AvgIpc) is 2.98. The lowest BCUT2D eigenvalue weighted by Crippen LogP contribution is -2.44. The van der Waals surface area contributed by atoms with Gasteiger partial charge in [0.15, 0.2) is 0 Å². The summed E-state index contributed by atoms with van der Waals surface area (Å²) in [6.07, 6.45) is 5.90. The van der Waals surface area contributed by atoms with Crippen LogP contribution in [0.5, 0.6) is 0 Å². The third-order valence-corrected chi connectivity index (χ3v) is 4.85. The van der Waals surface area contributed by atoms with Crippen LogP contribution in [0.3, 0.4) is 0 Å². The van der Waals surface area contributed by atoms with Gasteiger partial charge >= 0.3 is 0 Å². The molecule has 1 fully saturated rings. The second kappa shape index (κ2) is 8.45. The highest BCUT2D eigenvalue weighted by atomic mass is 35.5. The van der Waals surface area contributed by atoms with Gasteiger partial charge in [0.25, 0.3) is 5.91 Å². The molecule has 3 rings (SSSR count). The van der Waals surface area contributed by atoms with Gasteiger partial charge in [-0.25, -0.2) is 9.07 Å². The standard InChI is InChI=1S/C18H23FN4O.ClH/c1-12-16(11-21-23(12)15-8-6-14(19)7-9-15)18(24)22-17-5-3-2-4-13(17)10-20;/h6-9,11,13,17H,2-5,10,20H2,1H3,(H,22,24);1H. The Morgan fingerprint density at radius 1 is 1.32 bits per heavy atom. The van der Waals surface area contributed by atoms with E-state index >= 15 is 0 Å². The highest BCUT2D eigenvalue weighted by Gasteiger charge is 2.26. The van der Waals surface area contributed by atoms with Crippen LogP contribution in [0, 0.1) is 18.7 Å². The number of rotatable bonds is 4. The Bertz CT molecular complexity index is 716. The van der Waals surface area contributed by atoms with Crippen molar-refractivity contribution in [3.63, 3.8) is 0 Å². The minimum atomic E-state index is -0.299. The first-order chi connectivity index (χ1) is 11.6. The van der Waals surface area contributed by atoms with E-state index in [2.05, 4.69) is 10.4 Å². The number of nitrogens with two attached hydrogens (primary N) is 1. The maximum Gasteiger partial charge on any atom is 0.254 e. The zero-order chi connectivity index (χ0) is 17.1. The predicted molar refractivity (Wildman–Crippen MR) is 97.8 cm³/mol. The van der Waals surface area contributed by atoms with Crippen molar-refractivity contribution in [2.75, 3.05) is 6.54 Å². The van der Waals surface area contributed by atoms with Gasteiger partial charge in [-0.05, 0) is 56.5 Å². The van der Waals surface area contributed by atoms with Gasteiger partial charge in [0.1, 0.15) is 5.82 Å². The van der Waals surface area contributed by atoms with E-state index < -0.39 is 0 Å². The minimum Gasteiger partial charge on any atom is -0.349 e. The number of aromatic nitrogens is 2. The lowest BCUT2D eigenvalue weighted by molar-refractivity contribution is 0.0907. The highest BCUT2D eigenvalue weighted by molar-refractivity contribution is 5.95. The number of nitrogens with zero attached hydrogens (tertiary/aromatic N) is 2. The predicted octanol–water partition coefficient (Wildman–Crippen LogP) is 2.99. The van der Waals surface area contributed by atoms with Gasteiger partial charge in [0.2, 0.25) is 0 Å². The molecule has 2 atom stereocenters. The van der Waals surface area contributed by atoms with E-state index in [4.69, 9.17) is 5.73 Å². The van der Waals surface area contributed by atoms with Crippen LogP contribution in [0.25, 0.3) is 5.69 Å². The molecule has 2 unspecified atom stereocenters. The molecule has 136 valence electrons. The van der Waals surface area contributed by atoms with E-state index in [0.717, 1.165) is 30.6 Å². The van der Waals surface area contributed by atoms with Crippen molar-refractivity contribution in [1.82, 2.24) is 15.1 Å². The summed E-state index contributed by atoms with van der Waals surface area (Å²) in [7, 11) is 0. The van der Waals surface area contributed by atoms with Crippen molar-refractivity contribution in [1.29, 1.82) is 0 Å². The Labute approximate surface area is 153 Å². The number of nitrogens with one attached hydrogen (secondary N) is 1. The summed E-state index contributed by atoms with van der Waals surface area (Å²) in [4.78, 5) is 12.6. The molecule has 25 heavy (non-hydrogen) atoms. The third kappa shape index (κ3) is 4.19. The smallest absolute Gasteiger partial charge is 0.254 e. The van der Waals surface area contributed by atoms with E-state index in [1.54, 1.807) is 23.0 Å². The normalized spacial score (nSPS) is 20.0. The van der Waals surface area contributed by atoms with Crippen molar-refractivity contribution in [2.24, 2.45) is 11.7 Å². The van der Waals surface area contributed by atoms with Gasteiger partial charge in [-0.1, -0.05) is 12.8 Å². The summed E-state index contributed by atoms with van der Waals surface area (Å²) in [5.41, 5.74) is 7.84. The van der Waals surface area contributed by atoms with Crippen molar-refractivity contribution in [3.05, 3.63) is 47.5 Å². The molecule has 1 aromatic carbocycles. The molecule has 0 spiro atoms. The second-order valence-corrected chi connectivity index (χ2v) is 6.39. The molecule has 7 heteroatoms. The highest BCUT2D eigenvalue weighted by Crippen LogP contribution is 2.24. The van der Waals surface area contributed by atoms with Gasteiger partial charge in [-0.15, -0.1) is 12.4 Å². The maximum atomic E-state index is 13.1. The van der Waals surface area contributed by atoms with Crippen molar-refractivity contribution in [2.45, 2.75) is 38.6 Å². The van der Waals surface area contributed by atoms with Gasteiger partial charge in [-0.3, -0.25) is 4.79 Å². The molecular formula is C18H24ClFN4O. The Morgan fingerprint density at radius 2 is 2.00 bits per heavy atom. The Kier molecular flexibility index (Phi) is 6.56. The maximum absolute atomic E-state index is 13.1. The van der Waals surface area contributed by atoms with Gasteiger partial charge in [0, 0.05) is 6.04 Å². The first kappa shape index (κ1) is 19.4. The first-order valence-corrected chi connectivity index (χ1v) is 8.41. The van der Waals surface area contributed by atoms with Crippen LogP contribution < -0.4 is 11.1 Å². The van der Waals surface area contributed by atoms with Gasteiger partial charge < -0.3 is 11.1 Å². The average molecular weight is 367 g/mol. The summed E-state index contributed by atoms with van der Waals surface area (Å²) in [6, 6.07) is 6.17. The molecule has 3 N–H and O–H groups in total. The van der Waals surface area contributed by atoms with E-state index in [0.29, 0.717) is 18.0 Å². The molecule has 1 amide bonds. The lowest BCUT2D eigenvalue weighted by Gasteiger charge is -2.31. The topological polar surface area (TPSA) is 72.9 Å². The van der Waals surface area contributed by atoms with E-state index in [1.165, 1.54) is 18.6 Å². The first-order valence-electron chi connectivity index (χ1n) is 8.41. The van der Waals surface area contributed by atoms with Crippen molar-refractivity contribution in [3.8, 4) is 5.69 Å². The van der Waals surface area contributed by atoms with E-state index in [-0.39, 0.29) is 30.2 Å². The van der Waals surface area contributed by atoms with Crippen molar-refractivity contribution < 1.29 is 9.18 Å². The van der Waals surface area contributed by atoms with Crippen LogP contribution in [-0.4, -0.2) is 28.3 Å². The molecule has 1 heterocycles. The Balaban J connectivity index is 0.00000225. The van der Waals surface area contributed by atoms with E-state index in [1.807, 2.05) is 6.92 Å². The molecule has 1 aliphatic rings. The van der Waals surface area contributed by atoms with E-state index in [9.17, 15) is 9.18 Å². The minimum absolute atomic E-state index is 0. The number of hydrogen-bond acceptors (Lipinski definition) is 3. The summed E-state index contributed by atoms with van der Waals surface area (Å²) in [6.45, 7) is 2.44. The fourth-order valence-corrected chi connectivity index (χ4v) is 3.40. The second-order valence-electron chi connectivity index (χ2n) is 6.39. The lowest BCUT2D eigenvalue weighted by atomic mass is 9.84. The van der Waals surface area contributed by atoms with Crippen LogP contribution in [0.1, 0.15) is 41.7 Å². The molecule has 1 aliphatic carbocycles. The number of hydrogen-bond donors (Lipinski definition) is 2. The molecule has 1 saturated carbocycles. The summed E-state index contributed by atoms with van der Waals surface area (Å²) in [5, 5.41) is 7.40. The molecule has 0 bridgehead atoms. The summed E-state index contributed by atoms with van der Waals surface area (Å²) in [5.74, 6) is -0.0759. The van der Waals surface area contributed by atoms with Crippen LogP contribution in [0.4, 0.5) is 4.39 Å². The molecular weight excluding hydrogens is 343 g/mol. The molecule has 1 aromatic heterocycles. The monoisotopic (exact) mass is 366 g/mol. The van der Waals surface area contributed by atoms with Gasteiger partial charge in [-0.2, -0.15) is 5.10 Å². The SMILES string of the molecule is Cc1c(C(=O)NC2CCCCC2CN)cnn1-c1ccc(F)cc1.Cl. The quantitative estimate of drug-likeness (QED) is 0.873. The van der Waals surface area contributed by atoms with Crippen LogP contribution in [0.2, 0.25) is 0 Å². The molecule has 0 saturated heterocycles. The molecule has 2 aromatic rings. The Morgan fingerprint density at radius 3 is 2.68 bits per heavy atom. The third-order valence-electron chi connectivity index (χ3n) is 4.85. The number of amides is 1. The van der Waals surface area contributed by atoms with Gasteiger partial charge in [0.05, 0.1) is 23.1 Å². The van der Waals surface area contributed by atoms with Crippen LogP contribution in [0.15, 0.2) is 30.5 Å². The molecule has 0 radical (unpaired) electrons. The van der Waals surface area contributed by atoms with Crippen molar-refractivity contribution >= 4 is 18.3 Å². The van der Waals surface area contributed by atoms with Crippen LogP contribution >= 0.6 is 12.4 Å². The summed E-state index contributed by atoms with van der Waals surface area (Å²) < 4.78 is 14.7. The fourth-order valence-electron chi connectivity index (χ4n) is 3.40. The largest absolute Gasteiger partial charge is 0.349 e. The number of halogens is 2. The molecule has 5 nitrogen and oxygen atoms in total. The Hall–Kier alpha value is -1.92. The van der Waals surface area contributed by atoms with Crippen LogP contribution in [-0.2, 0) is 0 Å². The zero-order valence-corrected chi connectivity index (χ0v) is 15.1. The fraction of sp³-hybridized carbons (Fsp3) is 0.444. The number of benzene rings is 1. The molecule has 0 aliphatic heterocycles. The number of carbonyl (C=O) groups is 1. The number of carbonyl (C=O) groups excluding carboxylic acids is 1. The zero-order valence-electron chi connectivity index (χ0n) is 14.2. The summed E-state index contributed by atoms with van der Waals surface area (Å²) >= 11 is 0.